The quantitative estimate of drug-likeness (QED) is 0.785. The first-order chi connectivity index (χ1) is 11.7. The number of hydrogen-bond donors (Lipinski definition) is 0. The highest BCUT2D eigenvalue weighted by atomic mass is 35.5. The Balaban J connectivity index is 1.63. The van der Waals surface area contributed by atoms with Crippen LogP contribution in [0.25, 0.3) is 0 Å². The van der Waals surface area contributed by atoms with Crippen molar-refractivity contribution in [1.29, 1.82) is 0 Å². The molecule has 3 heterocycles. The number of nitrogens with zero attached hydrogens (tertiary/aromatic N) is 3. The summed E-state index contributed by atoms with van der Waals surface area (Å²) in [5.74, 6) is 3.42. The molecule has 0 saturated carbocycles. The zero-order valence-electron chi connectivity index (χ0n) is 13.2. The number of aliphatic imine (C=N–C) groups is 1. The molecule has 1 aromatic carbocycles. The first kappa shape index (κ1) is 16.5. The van der Waals surface area contributed by atoms with Gasteiger partial charge in [0.25, 0.3) is 0 Å². The number of fused-ring (bicyclic) bond motifs is 1. The van der Waals surface area contributed by atoms with E-state index in [1.54, 1.807) is 0 Å². The molecule has 0 spiro atoms. The topological polar surface area (TPSA) is 18.8 Å². The molecular weight excluding hydrogens is 361 g/mol. The van der Waals surface area contributed by atoms with E-state index in [2.05, 4.69) is 21.9 Å². The van der Waals surface area contributed by atoms with E-state index in [0.717, 1.165) is 35.5 Å². The SMILES string of the molecule is ClC1=CN2C(=NC(c3ccc(Cl)cc3)C2CN2CCSCC2)C=C1. The third-order valence-electron chi connectivity index (χ3n) is 4.67. The first-order valence-corrected chi connectivity index (χ1v) is 10.1. The van der Waals surface area contributed by atoms with E-state index in [9.17, 15) is 0 Å². The Morgan fingerprint density at radius 3 is 2.58 bits per heavy atom. The highest BCUT2D eigenvalue weighted by molar-refractivity contribution is 7.99. The van der Waals surface area contributed by atoms with Gasteiger partial charge in [0.15, 0.2) is 0 Å². The van der Waals surface area contributed by atoms with Gasteiger partial charge in [-0.15, -0.1) is 0 Å². The summed E-state index contributed by atoms with van der Waals surface area (Å²) in [7, 11) is 0. The van der Waals surface area contributed by atoms with Crippen LogP contribution in [0.4, 0.5) is 0 Å². The lowest BCUT2D eigenvalue weighted by Crippen LogP contribution is -2.45. The molecular formula is C18H19Cl2N3S. The van der Waals surface area contributed by atoms with Crippen LogP contribution in [0.2, 0.25) is 5.02 Å². The van der Waals surface area contributed by atoms with Gasteiger partial charge in [-0.05, 0) is 29.8 Å². The summed E-state index contributed by atoms with van der Waals surface area (Å²) < 4.78 is 0. The minimum atomic E-state index is 0.107. The van der Waals surface area contributed by atoms with Crippen molar-refractivity contribution in [3.63, 3.8) is 0 Å². The normalized spacial score (nSPS) is 27.0. The van der Waals surface area contributed by atoms with E-state index in [-0.39, 0.29) is 12.1 Å². The molecule has 0 aromatic heterocycles. The van der Waals surface area contributed by atoms with Crippen LogP contribution in [0.3, 0.4) is 0 Å². The van der Waals surface area contributed by atoms with Gasteiger partial charge in [0.2, 0.25) is 0 Å². The minimum absolute atomic E-state index is 0.107. The smallest absolute Gasteiger partial charge is 0.128 e. The maximum atomic E-state index is 6.25. The monoisotopic (exact) mass is 379 g/mol. The van der Waals surface area contributed by atoms with Crippen LogP contribution >= 0.6 is 35.0 Å². The second-order valence-corrected chi connectivity index (χ2v) is 8.32. The van der Waals surface area contributed by atoms with Crippen molar-refractivity contribution in [3.05, 3.63) is 58.2 Å². The van der Waals surface area contributed by atoms with Crippen molar-refractivity contribution in [1.82, 2.24) is 9.80 Å². The van der Waals surface area contributed by atoms with E-state index in [1.807, 2.05) is 42.2 Å². The fraction of sp³-hybridized carbons (Fsp3) is 0.389. The van der Waals surface area contributed by atoms with Gasteiger partial charge in [-0.25, -0.2) is 0 Å². The Hall–Kier alpha value is -0.940. The van der Waals surface area contributed by atoms with Crippen LogP contribution in [0, 0.1) is 0 Å². The maximum Gasteiger partial charge on any atom is 0.128 e. The van der Waals surface area contributed by atoms with Crippen molar-refractivity contribution in [2.75, 3.05) is 31.1 Å². The molecule has 1 aromatic rings. The molecule has 0 radical (unpaired) electrons. The summed E-state index contributed by atoms with van der Waals surface area (Å²) in [5.41, 5.74) is 1.20. The van der Waals surface area contributed by atoms with E-state index in [4.69, 9.17) is 28.2 Å². The number of amidine groups is 1. The average Bonchev–Trinajstić information content (AvgIpc) is 2.94. The van der Waals surface area contributed by atoms with Crippen molar-refractivity contribution in [2.24, 2.45) is 4.99 Å². The maximum absolute atomic E-state index is 6.25. The molecule has 1 saturated heterocycles. The lowest BCUT2D eigenvalue weighted by Gasteiger charge is -2.35. The van der Waals surface area contributed by atoms with Gasteiger partial charge in [-0.3, -0.25) is 9.89 Å². The summed E-state index contributed by atoms with van der Waals surface area (Å²) in [5, 5.41) is 1.51. The van der Waals surface area contributed by atoms with E-state index in [0.29, 0.717) is 0 Å². The molecule has 2 atom stereocenters. The van der Waals surface area contributed by atoms with Gasteiger partial charge in [-0.2, -0.15) is 11.8 Å². The minimum Gasteiger partial charge on any atom is -0.325 e. The fourth-order valence-electron chi connectivity index (χ4n) is 3.43. The lowest BCUT2D eigenvalue weighted by molar-refractivity contribution is 0.225. The number of thioether (sulfide) groups is 1. The van der Waals surface area contributed by atoms with E-state index in [1.165, 1.54) is 17.1 Å². The third-order valence-corrected chi connectivity index (χ3v) is 6.09. The largest absolute Gasteiger partial charge is 0.325 e. The van der Waals surface area contributed by atoms with Crippen molar-refractivity contribution >= 4 is 40.8 Å². The predicted octanol–water partition coefficient (Wildman–Crippen LogP) is 4.16. The molecule has 6 heteroatoms. The van der Waals surface area contributed by atoms with Crippen LogP contribution in [0.15, 0.2) is 52.6 Å². The highest BCUT2D eigenvalue weighted by Gasteiger charge is 2.37. The van der Waals surface area contributed by atoms with E-state index < -0.39 is 0 Å². The molecule has 0 amide bonds. The zero-order chi connectivity index (χ0) is 16.5. The van der Waals surface area contributed by atoms with Crippen LogP contribution in [-0.2, 0) is 0 Å². The van der Waals surface area contributed by atoms with Crippen molar-refractivity contribution in [3.8, 4) is 0 Å². The van der Waals surface area contributed by atoms with Gasteiger partial charge in [0.05, 0.1) is 17.1 Å². The van der Waals surface area contributed by atoms with Gasteiger partial charge in [-0.1, -0.05) is 35.3 Å². The molecule has 2 unspecified atom stereocenters. The van der Waals surface area contributed by atoms with Gasteiger partial charge < -0.3 is 4.90 Å². The second-order valence-electron chi connectivity index (χ2n) is 6.22. The Labute approximate surface area is 157 Å². The van der Waals surface area contributed by atoms with Gasteiger partial charge >= 0.3 is 0 Å². The Morgan fingerprint density at radius 1 is 1.08 bits per heavy atom. The fourth-order valence-corrected chi connectivity index (χ4v) is 4.70. The summed E-state index contributed by atoms with van der Waals surface area (Å²) >= 11 is 14.3. The Bertz CT molecular complexity index is 693. The summed E-state index contributed by atoms with van der Waals surface area (Å²) in [6.45, 7) is 3.28. The molecule has 126 valence electrons. The summed E-state index contributed by atoms with van der Waals surface area (Å²) in [6, 6.07) is 8.44. The highest BCUT2D eigenvalue weighted by Crippen LogP contribution is 2.35. The molecule has 3 nitrogen and oxygen atoms in total. The number of allylic oxidation sites excluding steroid dienone is 2. The van der Waals surface area contributed by atoms with Crippen molar-refractivity contribution < 1.29 is 0 Å². The first-order valence-electron chi connectivity index (χ1n) is 8.18. The number of benzene rings is 1. The second kappa shape index (κ2) is 7.12. The summed E-state index contributed by atoms with van der Waals surface area (Å²) in [6.07, 6.45) is 5.94. The molecule has 1 fully saturated rings. The van der Waals surface area contributed by atoms with Crippen LogP contribution in [0.1, 0.15) is 11.6 Å². The van der Waals surface area contributed by atoms with Gasteiger partial charge in [0.1, 0.15) is 5.84 Å². The Kier molecular flexibility index (Phi) is 4.90. The number of hydrogen-bond acceptors (Lipinski definition) is 4. The summed E-state index contributed by atoms with van der Waals surface area (Å²) in [4.78, 5) is 9.75. The number of rotatable bonds is 3. The third kappa shape index (κ3) is 3.38. The molecule has 0 N–H and O–H groups in total. The zero-order valence-corrected chi connectivity index (χ0v) is 15.6. The number of halogens is 2. The average molecular weight is 380 g/mol. The van der Waals surface area contributed by atoms with Crippen LogP contribution in [0.5, 0.6) is 0 Å². The Morgan fingerprint density at radius 2 is 1.83 bits per heavy atom. The molecule has 4 rings (SSSR count). The predicted molar refractivity (Wildman–Crippen MR) is 104 cm³/mol. The molecule has 0 aliphatic carbocycles. The van der Waals surface area contributed by atoms with E-state index >= 15 is 0 Å². The standard InChI is InChI=1S/C18H19Cl2N3S/c19-14-3-1-13(2-4-14)18-16(12-22-7-9-24-10-8-22)23-11-15(20)5-6-17(23)21-18/h1-6,11,16,18H,7-10,12H2. The molecule has 3 aliphatic rings. The molecule has 24 heavy (non-hydrogen) atoms. The van der Waals surface area contributed by atoms with Crippen LogP contribution in [-0.4, -0.2) is 52.8 Å². The van der Waals surface area contributed by atoms with Crippen LogP contribution < -0.4 is 0 Å². The van der Waals surface area contributed by atoms with Crippen molar-refractivity contribution in [2.45, 2.75) is 12.1 Å². The molecule has 3 aliphatic heterocycles. The lowest BCUT2D eigenvalue weighted by atomic mass is 9.99. The molecule has 0 bridgehead atoms. The van der Waals surface area contributed by atoms with Gasteiger partial charge in [0, 0.05) is 42.4 Å².